The Morgan fingerprint density at radius 2 is 1.75 bits per heavy atom. The molecule has 2 heteroatoms. The molecule has 0 saturated carbocycles. The van der Waals surface area contributed by atoms with E-state index in [9.17, 15) is 0 Å². The van der Waals surface area contributed by atoms with Crippen molar-refractivity contribution in [2.75, 3.05) is 6.61 Å². The molecule has 0 aromatic heterocycles. The molecular weight excluding hydrogens is 131 g/mol. The summed E-state index contributed by atoms with van der Waals surface area (Å²) in [5.74, 6) is 0. The molecule has 0 aromatic rings. The van der Waals surface area contributed by atoms with E-state index in [4.69, 9.17) is 5.11 Å². The van der Waals surface area contributed by atoms with Crippen LogP contribution in [0.25, 0.3) is 0 Å². The van der Waals surface area contributed by atoms with Gasteiger partial charge in [-0.15, -0.1) is 0 Å². The molecule has 0 aliphatic heterocycles. The van der Waals surface area contributed by atoms with Crippen LogP contribution in [0, 0.1) is 6.92 Å². The number of aliphatic hydroxyl groups is 1. The van der Waals surface area contributed by atoms with Crippen LogP contribution in [0.5, 0.6) is 0 Å². The topological polar surface area (TPSA) is 20.2 Å². The van der Waals surface area contributed by atoms with Gasteiger partial charge < -0.3 is 5.11 Å². The Bertz CT molecular complexity index is 6.00. The molecule has 0 heterocycles. The minimum atomic E-state index is 0. The Hall–Kier alpha value is 0.843. The smallest absolute Gasteiger partial charge is 0.0431 e. The maximum Gasteiger partial charge on any atom is 0.0431 e. The maximum atomic E-state index is 7.46. The average molecular weight is 136 g/mol. The van der Waals surface area contributed by atoms with Gasteiger partial charge >= 0.3 is 0 Å². The quantitative estimate of drug-likeness (QED) is 0.489. The van der Waals surface area contributed by atoms with Crippen molar-refractivity contribution < 1.29 is 31.3 Å². The molecule has 0 aliphatic carbocycles. The van der Waals surface area contributed by atoms with Crippen molar-refractivity contribution in [2.45, 2.75) is 0 Å². The third kappa shape index (κ3) is 13.6. The summed E-state index contributed by atoms with van der Waals surface area (Å²) in [5, 5.41) is 7.46. The fourth-order valence-electron chi connectivity index (χ4n) is 0. The van der Waals surface area contributed by atoms with Gasteiger partial charge in [-0.1, -0.05) is 0 Å². The van der Waals surface area contributed by atoms with Crippen molar-refractivity contribution in [1.82, 2.24) is 0 Å². The zero-order chi connectivity index (χ0) is 2.71. The van der Waals surface area contributed by atoms with Gasteiger partial charge in [-0.25, -0.2) is 0 Å². The second kappa shape index (κ2) is 9.14. The van der Waals surface area contributed by atoms with Crippen LogP contribution in [0.15, 0.2) is 0 Å². The molecule has 1 nitrogen and oxygen atoms in total. The van der Waals surface area contributed by atoms with Crippen LogP contribution >= 0.6 is 0 Å². The van der Waals surface area contributed by atoms with Crippen LogP contribution in [0.2, 0.25) is 0 Å². The Morgan fingerprint density at radius 3 is 1.75 bits per heavy atom. The van der Waals surface area contributed by atoms with E-state index in [1.165, 1.54) is 0 Å². The van der Waals surface area contributed by atoms with Crippen LogP contribution in [0.1, 0.15) is 0 Å². The fourth-order valence-corrected chi connectivity index (χ4v) is 0. The van der Waals surface area contributed by atoms with Gasteiger partial charge in [0.15, 0.2) is 0 Å². The van der Waals surface area contributed by atoms with E-state index in [1.54, 1.807) is 0 Å². The summed E-state index contributed by atoms with van der Waals surface area (Å²) in [7, 11) is 0. The standard InChI is InChI=1S/C2H5O.Zr/c1-2-3;/h3H,1-2H2;. The molecule has 1 N–H and O–H groups in total. The monoisotopic (exact) mass is 135 g/mol. The number of aliphatic hydroxyl groups excluding tert-OH is 1. The van der Waals surface area contributed by atoms with Gasteiger partial charge in [0.25, 0.3) is 0 Å². The molecule has 0 bridgehead atoms. The molecule has 4 heavy (non-hydrogen) atoms. The molecular formula is C2H5OZr. The molecule has 0 rings (SSSR count). The van der Waals surface area contributed by atoms with Crippen LogP contribution < -0.4 is 0 Å². The normalized spacial score (nSPS) is 4.50. The number of hydrogen-bond acceptors (Lipinski definition) is 1. The second-order valence-corrected chi connectivity index (χ2v) is 0.224. The fraction of sp³-hybridized carbons (Fsp3) is 0.500. The van der Waals surface area contributed by atoms with Crippen molar-refractivity contribution in [3.8, 4) is 0 Å². The zero-order valence-electron chi connectivity index (χ0n) is 2.36. The Kier molecular flexibility index (Phi) is 20.2. The molecule has 0 aromatic carbocycles. The van der Waals surface area contributed by atoms with E-state index in [1.807, 2.05) is 0 Å². The minimum Gasteiger partial charge on any atom is -0.396 e. The van der Waals surface area contributed by atoms with E-state index >= 15 is 0 Å². The van der Waals surface area contributed by atoms with Crippen molar-refractivity contribution in [3.05, 3.63) is 6.92 Å². The van der Waals surface area contributed by atoms with Crippen LogP contribution in [0.3, 0.4) is 0 Å². The van der Waals surface area contributed by atoms with Gasteiger partial charge in [-0.2, -0.15) is 0 Å². The Morgan fingerprint density at radius 1 is 1.75 bits per heavy atom. The molecule has 0 amide bonds. The van der Waals surface area contributed by atoms with E-state index in [2.05, 4.69) is 6.92 Å². The third-order valence-electron chi connectivity index (χ3n) is 0. The maximum absolute atomic E-state index is 7.46. The molecule has 0 atom stereocenters. The third-order valence-corrected chi connectivity index (χ3v) is 0. The second-order valence-electron chi connectivity index (χ2n) is 0.224. The first-order chi connectivity index (χ1) is 1.41. The first-order valence-corrected chi connectivity index (χ1v) is 0.816. The molecule has 0 spiro atoms. The predicted molar refractivity (Wildman–Crippen MR) is 12.4 cm³/mol. The van der Waals surface area contributed by atoms with E-state index in [0.29, 0.717) is 0 Å². The van der Waals surface area contributed by atoms with Crippen LogP contribution in [0.4, 0.5) is 0 Å². The van der Waals surface area contributed by atoms with E-state index in [-0.39, 0.29) is 32.8 Å². The largest absolute Gasteiger partial charge is 0.396 e. The average Bonchev–Trinajstić information content (AvgIpc) is 0.918. The molecule has 0 aliphatic rings. The van der Waals surface area contributed by atoms with Crippen LogP contribution in [-0.2, 0) is 26.2 Å². The van der Waals surface area contributed by atoms with Crippen molar-refractivity contribution in [1.29, 1.82) is 0 Å². The molecule has 1 radical (unpaired) electrons. The van der Waals surface area contributed by atoms with Crippen molar-refractivity contribution in [2.24, 2.45) is 0 Å². The first kappa shape index (κ1) is 8.85. The van der Waals surface area contributed by atoms with Crippen LogP contribution in [-0.4, -0.2) is 11.7 Å². The Labute approximate surface area is 45.1 Å². The summed E-state index contributed by atoms with van der Waals surface area (Å²) in [6, 6.07) is 0. The summed E-state index contributed by atoms with van der Waals surface area (Å²) in [5.41, 5.74) is 0. The number of hydrogen-bond donors (Lipinski definition) is 1. The summed E-state index contributed by atoms with van der Waals surface area (Å²) in [4.78, 5) is 0. The molecule has 23 valence electrons. The van der Waals surface area contributed by atoms with Gasteiger partial charge in [0.2, 0.25) is 0 Å². The van der Waals surface area contributed by atoms with Gasteiger partial charge in [0, 0.05) is 32.8 Å². The summed E-state index contributed by atoms with van der Waals surface area (Å²) in [6.07, 6.45) is 0. The summed E-state index contributed by atoms with van der Waals surface area (Å²) >= 11 is 0. The minimum absolute atomic E-state index is 0. The summed E-state index contributed by atoms with van der Waals surface area (Å²) < 4.78 is 0. The van der Waals surface area contributed by atoms with Crippen molar-refractivity contribution in [3.63, 3.8) is 0 Å². The van der Waals surface area contributed by atoms with E-state index in [0.717, 1.165) is 0 Å². The molecule has 0 saturated heterocycles. The predicted octanol–water partition coefficient (Wildman–Crippen LogP) is -0.190. The molecule has 0 fully saturated rings. The Balaban J connectivity index is 0. The first-order valence-electron chi connectivity index (χ1n) is 0.816. The summed E-state index contributed by atoms with van der Waals surface area (Å²) in [6.45, 7) is 3.04. The van der Waals surface area contributed by atoms with Gasteiger partial charge in [-0.05, 0) is 6.92 Å². The molecule has 0 unspecified atom stereocenters. The number of rotatable bonds is 0. The van der Waals surface area contributed by atoms with Gasteiger partial charge in [-0.3, -0.25) is 0 Å². The van der Waals surface area contributed by atoms with Crippen molar-refractivity contribution >= 4 is 0 Å². The van der Waals surface area contributed by atoms with E-state index < -0.39 is 0 Å². The zero-order valence-corrected chi connectivity index (χ0v) is 4.82. The van der Waals surface area contributed by atoms with Gasteiger partial charge in [0.1, 0.15) is 0 Å². The SMILES string of the molecule is [CH2]CO.[Zr]. The van der Waals surface area contributed by atoms with Gasteiger partial charge in [0.05, 0.1) is 0 Å².